The second-order valence-corrected chi connectivity index (χ2v) is 6.07. The van der Waals surface area contributed by atoms with Crippen molar-refractivity contribution >= 4 is 0 Å². The molecule has 1 atom stereocenters. The smallest absolute Gasteiger partial charge is 0.119 e. The SMILES string of the molecule is CC1(C)CCC(NCCCOc2ccccc2)C1. The van der Waals surface area contributed by atoms with E-state index in [2.05, 4.69) is 19.2 Å². The Morgan fingerprint density at radius 2 is 2.06 bits per heavy atom. The Morgan fingerprint density at radius 3 is 2.72 bits per heavy atom. The highest BCUT2D eigenvalue weighted by atomic mass is 16.5. The van der Waals surface area contributed by atoms with Crippen molar-refractivity contribution in [3.05, 3.63) is 30.3 Å². The highest BCUT2D eigenvalue weighted by Gasteiger charge is 2.30. The zero-order valence-electron chi connectivity index (χ0n) is 11.6. The molecule has 2 heteroatoms. The molecule has 100 valence electrons. The zero-order chi connectivity index (χ0) is 12.8. The van der Waals surface area contributed by atoms with Crippen molar-refractivity contribution in [1.29, 1.82) is 0 Å². The average Bonchev–Trinajstić information content (AvgIpc) is 2.70. The van der Waals surface area contributed by atoms with E-state index >= 15 is 0 Å². The van der Waals surface area contributed by atoms with E-state index in [-0.39, 0.29) is 0 Å². The van der Waals surface area contributed by atoms with Crippen molar-refractivity contribution < 1.29 is 4.74 Å². The van der Waals surface area contributed by atoms with Gasteiger partial charge in [-0.1, -0.05) is 32.0 Å². The molecule has 0 heterocycles. The van der Waals surface area contributed by atoms with E-state index in [0.29, 0.717) is 5.41 Å². The van der Waals surface area contributed by atoms with Crippen molar-refractivity contribution in [2.45, 2.75) is 45.6 Å². The Kier molecular flexibility index (Phi) is 4.65. The third-order valence-corrected chi connectivity index (χ3v) is 3.73. The molecule has 2 nitrogen and oxygen atoms in total. The first kappa shape index (κ1) is 13.4. The van der Waals surface area contributed by atoms with Crippen LogP contribution in [0.25, 0.3) is 0 Å². The number of para-hydroxylation sites is 1. The largest absolute Gasteiger partial charge is 0.494 e. The summed E-state index contributed by atoms with van der Waals surface area (Å²) in [5, 5.41) is 3.64. The summed E-state index contributed by atoms with van der Waals surface area (Å²) in [6, 6.07) is 10.8. The van der Waals surface area contributed by atoms with Crippen LogP contribution in [0, 0.1) is 5.41 Å². The molecule has 0 bridgehead atoms. The molecule has 1 aliphatic rings. The zero-order valence-corrected chi connectivity index (χ0v) is 11.6. The number of ether oxygens (including phenoxy) is 1. The molecule has 1 unspecified atom stereocenters. The van der Waals surface area contributed by atoms with Gasteiger partial charge in [0.2, 0.25) is 0 Å². The Hall–Kier alpha value is -1.02. The van der Waals surface area contributed by atoms with E-state index in [1.807, 2.05) is 30.3 Å². The Balaban J connectivity index is 1.54. The minimum Gasteiger partial charge on any atom is -0.494 e. The molecular weight excluding hydrogens is 222 g/mol. The maximum absolute atomic E-state index is 5.67. The summed E-state index contributed by atoms with van der Waals surface area (Å²) in [6.45, 7) is 6.60. The molecule has 1 saturated carbocycles. The lowest BCUT2D eigenvalue weighted by atomic mass is 9.92. The molecule has 0 spiro atoms. The Labute approximate surface area is 111 Å². The van der Waals surface area contributed by atoms with Crippen LogP contribution < -0.4 is 10.1 Å². The van der Waals surface area contributed by atoms with E-state index in [9.17, 15) is 0 Å². The van der Waals surface area contributed by atoms with Gasteiger partial charge < -0.3 is 10.1 Å². The molecule has 0 saturated heterocycles. The van der Waals surface area contributed by atoms with Crippen LogP contribution in [0.3, 0.4) is 0 Å². The first-order valence-corrected chi connectivity index (χ1v) is 7.07. The van der Waals surface area contributed by atoms with Gasteiger partial charge in [0.05, 0.1) is 6.61 Å². The van der Waals surface area contributed by atoms with Crippen molar-refractivity contribution in [3.63, 3.8) is 0 Å². The van der Waals surface area contributed by atoms with Crippen LogP contribution in [0.1, 0.15) is 39.5 Å². The lowest BCUT2D eigenvalue weighted by Crippen LogP contribution is -2.29. The molecular formula is C16H25NO. The summed E-state index contributed by atoms with van der Waals surface area (Å²) in [5.74, 6) is 0.972. The van der Waals surface area contributed by atoms with Crippen LogP contribution in [-0.2, 0) is 0 Å². The highest BCUT2D eigenvalue weighted by molar-refractivity contribution is 5.20. The van der Waals surface area contributed by atoms with Crippen molar-refractivity contribution in [2.75, 3.05) is 13.2 Å². The van der Waals surface area contributed by atoms with Gasteiger partial charge in [0.25, 0.3) is 0 Å². The van der Waals surface area contributed by atoms with Crippen LogP contribution in [0.2, 0.25) is 0 Å². The summed E-state index contributed by atoms with van der Waals surface area (Å²) in [6.07, 6.45) is 5.07. The molecule has 1 N–H and O–H groups in total. The fraction of sp³-hybridized carbons (Fsp3) is 0.625. The van der Waals surface area contributed by atoms with Gasteiger partial charge in [-0.15, -0.1) is 0 Å². The number of nitrogens with one attached hydrogen (secondary N) is 1. The Bertz CT molecular complexity index is 347. The van der Waals surface area contributed by atoms with Gasteiger partial charge in [-0.25, -0.2) is 0 Å². The number of hydrogen-bond donors (Lipinski definition) is 1. The minimum absolute atomic E-state index is 0.540. The third-order valence-electron chi connectivity index (χ3n) is 3.73. The van der Waals surface area contributed by atoms with Gasteiger partial charge in [0.15, 0.2) is 0 Å². The van der Waals surface area contributed by atoms with Gasteiger partial charge in [-0.2, -0.15) is 0 Å². The first-order chi connectivity index (χ1) is 8.66. The van der Waals surface area contributed by atoms with Gasteiger partial charge >= 0.3 is 0 Å². The molecule has 0 aromatic heterocycles. The summed E-state index contributed by atoms with van der Waals surface area (Å²) in [4.78, 5) is 0. The monoisotopic (exact) mass is 247 g/mol. The van der Waals surface area contributed by atoms with Crippen LogP contribution in [-0.4, -0.2) is 19.2 Å². The van der Waals surface area contributed by atoms with E-state index in [1.165, 1.54) is 19.3 Å². The highest BCUT2D eigenvalue weighted by Crippen LogP contribution is 2.36. The quantitative estimate of drug-likeness (QED) is 0.775. The predicted octanol–water partition coefficient (Wildman–Crippen LogP) is 3.62. The summed E-state index contributed by atoms with van der Waals surface area (Å²) >= 11 is 0. The average molecular weight is 247 g/mol. The van der Waals surface area contributed by atoms with E-state index in [1.54, 1.807) is 0 Å². The van der Waals surface area contributed by atoms with E-state index in [4.69, 9.17) is 4.74 Å². The summed E-state index contributed by atoms with van der Waals surface area (Å²) in [7, 11) is 0. The molecule has 2 rings (SSSR count). The summed E-state index contributed by atoms with van der Waals surface area (Å²) in [5.41, 5.74) is 0.540. The van der Waals surface area contributed by atoms with Gasteiger partial charge in [-0.3, -0.25) is 0 Å². The van der Waals surface area contributed by atoms with Crippen molar-refractivity contribution in [1.82, 2.24) is 5.32 Å². The maximum Gasteiger partial charge on any atom is 0.119 e. The maximum atomic E-state index is 5.67. The number of hydrogen-bond acceptors (Lipinski definition) is 2. The van der Waals surface area contributed by atoms with Crippen LogP contribution >= 0.6 is 0 Å². The lowest BCUT2D eigenvalue weighted by Gasteiger charge is -2.17. The van der Waals surface area contributed by atoms with E-state index in [0.717, 1.165) is 31.4 Å². The molecule has 1 aliphatic carbocycles. The van der Waals surface area contributed by atoms with Gasteiger partial charge in [-0.05, 0) is 49.8 Å². The normalized spacial score (nSPS) is 22.0. The number of benzene rings is 1. The second-order valence-electron chi connectivity index (χ2n) is 6.07. The third kappa shape index (κ3) is 4.34. The lowest BCUT2D eigenvalue weighted by molar-refractivity contribution is 0.302. The molecule has 1 fully saturated rings. The first-order valence-electron chi connectivity index (χ1n) is 7.07. The fourth-order valence-corrected chi connectivity index (χ4v) is 2.70. The molecule has 18 heavy (non-hydrogen) atoms. The predicted molar refractivity (Wildman–Crippen MR) is 76.0 cm³/mol. The van der Waals surface area contributed by atoms with Crippen LogP contribution in [0.15, 0.2) is 30.3 Å². The fourth-order valence-electron chi connectivity index (χ4n) is 2.70. The van der Waals surface area contributed by atoms with E-state index < -0.39 is 0 Å². The minimum atomic E-state index is 0.540. The van der Waals surface area contributed by atoms with Crippen molar-refractivity contribution in [2.24, 2.45) is 5.41 Å². The van der Waals surface area contributed by atoms with Gasteiger partial charge in [0, 0.05) is 6.04 Å². The topological polar surface area (TPSA) is 21.3 Å². The van der Waals surface area contributed by atoms with Gasteiger partial charge in [0.1, 0.15) is 5.75 Å². The standard InChI is InChI=1S/C16H25NO/c1-16(2)10-9-14(13-16)17-11-6-12-18-15-7-4-3-5-8-15/h3-5,7-8,14,17H,6,9-13H2,1-2H3. The van der Waals surface area contributed by atoms with Crippen LogP contribution in [0.5, 0.6) is 5.75 Å². The molecule has 0 amide bonds. The molecule has 1 aromatic carbocycles. The molecule has 1 aromatic rings. The molecule has 0 radical (unpaired) electrons. The van der Waals surface area contributed by atoms with Crippen molar-refractivity contribution in [3.8, 4) is 5.75 Å². The number of rotatable bonds is 6. The Morgan fingerprint density at radius 1 is 1.28 bits per heavy atom. The summed E-state index contributed by atoms with van der Waals surface area (Å²) < 4.78 is 5.67. The second kappa shape index (κ2) is 6.24. The van der Waals surface area contributed by atoms with Crippen LogP contribution in [0.4, 0.5) is 0 Å². The molecule has 0 aliphatic heterocycles.